The summed E-state index contributed by atoms with van der Waals surface area (Å²) in [5, 5.41) is 6.59. The topological polar surface area (TPSA) is 71.3 Å². The fourth-order valence-electron chi connectivity index (χ4n) is 4.10. The van der Waals surface area contributed by atoms with Crippen molar-refractivity contribution in [1.29, 1.82) is 0 Å². The number of furan rings is 1. The van der Waals surface area contributed by atoms with E-state index in [1.165, 1.54) is 16.2 Å². The standard InChI is InChI=1S/C25H27BrN2O3S/c1-25(2,3)16-8-11-19-20(13-16)32-24(28-22(29)15-6-9-17(26)10-7-15)21(19)23(30)27-14-18-5-4-12-31-18/h4-7,9-10,12,16H,8,11,13-14H2,1-3H3,(H,27,30)(H,28,29). The molecule has 1 aromatic carbocycles. The Morgan fingerprint density at radius 1 is 1.16 bits per heavy atom. The molecule has 7 heteroatoms. The fraction of sp³-hybridized carbons (Fsp3) is 0.360. The Balaban J connectivity index is 1.63. The van der Waals surface area contributed by atoms with Gasteiger partial charge in [-0.25, -0.2) is 0 Å². The summed E-state index contributed by atoms with van der Waals surface area (Å²) in [5.41, 5.74) is 2.41. The second-order valence-electron chi connectivity index (χ2n) is 9.24. The van der Waals surface area contributed by atoms with E-state index in [-0.39, 0.29) is 17.2 Å². The molecule has 1 unspecified atom stereocenters. The van der Waals surface area contributed by atoms with Gasteiger partial charge in [0.1, 0.15) is 10.8 Å². The molecule has 0 bridgehead atoms. The molecule has 2 amide bonds. The fourth-order valence-corrected chi connectivity index (χ4v) is 5.68. The molecule has 0 saturated carbocycles. The molecule has 0 spiro atoms. The zero-order valence-corrected chi connectivity index (χ0v) is 20.9. The monoisotopic (exact) mass is 514 g/mol. The number of halogens is 1. The van der Waals surface area contributed by atoms with Crippen LogP contribution >= 0.6 is 27.3 Å². The van der Waals surface area contributed by atoms with Gasteiger partial charge in [-0.1, -0.05) is 36.7 Å². The van der Waals surface area contributed by atoms with Crippen LogP contribution in [0.3, 0.4) is 0 Å². The Hall–Kier alpha value is -2.38. The first-order valence-corrected chi connectivity index (χ1v) is 12.4. The van der Waals surface area contributed by atoms with Crippen molar-refractivity contribution in [2.24, 2.45) is 11.3 Å². The van der Waals surface area contributed by atoms with Crippen LogP contribution in [0.4, 0.5) is 5.00 Å². The SMILES string of the molecule is CC(C)(C)C1CCc2c(sc(NC(=O)c3ccc(Br)cc3)c2C(=O)NCc2ccco2)C1. The third kappa shape index (κ3) is 4.99. The molecule has 32 heavy (non-hydrogen) atoms. The van der Waals surface area contributed by atoms with Gasteiger partial charge < -0.3 is 15.1 Å². The van der Waals surface area contributed by atoms with E-state index in [2.05, 4.69) is 47.3 Å². The summed E-state index contributed by atoms with van der Waals surface area (Å²) in [6.45, 7) is 7.11. The van der Waals surface area contributed by atoms with Crippen molar-refractivity contribution in [2.45, 2.75) is 46.6 Å². The molecule has 2 aromatic heterocycles. The van der Waals surface area contributed by atoms with Gasteiger partial charge in [0, 0.05) is 14.9 Å². The molecule has 168 valence electrons. The van der Waals surface area contributed by atoms with Gasteiger partial charge in [-0.05, 0) is 72.6 Å². The van der Waals surface area contributed by atoms with Crippen LogP contribution in [0.2, 0.25) is 0 Å². The van der Waals surface area contributed by atoms with E-state index >= 15 is 0 Å². The quantitative estimate of drug-likeness (QED) is 0.411. The predicted octanol–water partition coefficient (Wildman–Crippen LogP) is 6.44. The van der Waals surface area contributed by atoms with Crippen molar-refractivity contribution in [3.8, 4) is 0 Å². The van der Waals surface area contributed by atoms with Crippen LogP contribution in [0.1, 0.15) is 64.1 Å². The lowest BCUT2D eigenvalue weighted by molar-refractivity contribution is 0.0947. The van der Waals surface area contributed by atoms with Crippen LogP contribution in [0.15, 0.2) is 51.6 Å². The van der Waals surface area contributed by atoms with E-state index in [0.29, 0.717) is 34.4 Å². The lowest BCUT2D eigenvalue weighted by Crippen LogP contribution is -2.28. The minimum absolute atomic E-state index is 0.181. The molecule has 4 rings (SSSR count). The summed E-state index contributed by atoms with van der Waals surface area (Å²) in [6, 6.07) is 10.8. The van der Waals surface area contributed by atoms with Crippen molar-refractivity contribution in [2.75, 3.05) is 5.32 Å². The smallest absolute Gasteiger partial charge is 0.256 e. The Labute approximate surface area is 200 Å². The zero-order valence-electron chi connectivity index (χ0n) is 18.5. The Kier molecular flexibility index (Phi) is 6.58. The van der Waals surface area contributed by atoms with Crippen molar-refractivity contribution in [3.05, 3.63) is 74.5 Å². The maximum atomic E-state index is 13.2. The van der Waals surface area contributed by atoms with E-state index in [1.807, 2.05) is 18.2 Å². The number of thiophene rings is 1. The maximum absolute atomic E-state index is 13.2. The number of carbonyl (C=O) groups excluding carboxylic acids is 2. The first-order chi connectivity index (χ1) is 15.2. The van der Waals surface area contributed by atoms with E-state index < -0.39 is 0 Å². The summed E-state index contributed by atoms with van der Waals surface area (Å²) < 4.78 is 6.25. The summed E-state index contributed by atoms with van der Waals surface area (Å²) in [7, 11) is 0. The zero-order chi connectivity index (χ0) is 22.9. The van der Waals surface area contributed by atoms with Crippen LogP contribution < -0.4 is 10.6 Å². The number of rotatable bonds is 5. The van der Waals surface area contributed by atoms with Crippen molar-refractivity contribution in [1.82, 2.24) is 5.32 Å². The first-order valence-electron chi connectivity index (χ1n) is 10.7. The molecule has 0 radical (unpaired) electrons. The third-order valence-corrected chi connectivity index (χ3v) is 7.75. The minimum atomic E-state index is -0.219. The lowest BCUT2D eigenvalue weighted by atomic mass is 9.72. The van der Waals surface area contributed by atoms with Crippen LogP contribution in [0.5, 0.6) is 0 Å². The molecule has 0 fully saturated rings. The van der Waals surface area contributed by atoms with Crippen molar-refractivity contribution < 1.29 is 14.0 Å². The first kappa shape index (κ1) is 22.8. The second-order valence-corrected chi connectivity index (χ2v) is 11.3. The molecule has 1 aliphatic rings. The number of carbonyl (C=O) groups is 2. The highest BCUT2D eigenvalue weighted by molar-refractivity contribution is 9.10. The molecule has 3 aromatic rings. The molecule has 2 heterocycles. The highest BCUT2D eigenvalue weighted by Gasteiger charge is 2.34. The number of anilines is 1. The van der Waals surface area contributed by atoms with Gasteiger partial charge in [-0.3, -0.25) is 9.59 Å². The Bertz CT molecular complexity index is 1110. The molecule has 0 saturated heterocycles. The Morgan fingerprint density at radius 3 is 2.56 bits per heavy atom. The van der Waals surface area contributed by atoms with Crippen LogP contribution in [-0.2, 0) is 19.4 Å². The molecular formula is C25H27BrN2O3S. The number of fused-ring (bicyclic) bond motifs is 1. The number of hydrogen-bond donors (Lipinski definition) is 2. The predicted molar refractivity (Wildman–Crippen MR) is 131 cm³/mol. The highest BCUT2D eigenvalue weighted by Crippen LogP contribution is 2.44. The normalized spacial score (nSPS) is 15.8. The number of nitrogens with one attached hydrogen (secondary N) is 2. The van der Waals surface area contributed by atoms with E-state index in [9.17, 15) is 9.59 Å². The van der Waals surface area contributed by atoms with Crippen LogP contribution in [0, 0.1) is 11.3 Å². The van der Waals surface area contributed by atoms with E-state index in [1.54, 1.807) is 24.5 Å². The van der Waals surface area contributed by atoms with Crippen LogP contribution in [0.25, 0.3) is 0 Å². The highest BCUT2D eigenvalue weighted by atomic mass is 79.9. The van der Waals surface area contributed by atoms with Gasteiger partial charge in [-0.15, -0.1) is 11.3 Å². The summed E-state index contributed by atoms with van der Waals surface area (Å²) in [5.74, 6) is 0.834. The molecule has 5 nitrogen and oxygen atoms in total. The summed E-state index contributed by atoms with van der Waals surface area (Å²) in [4.78, 5) is 27.3. The number of hydrogen-bond acceptors (Lipinski definition) is 4. The second kappa shape index (κ2) is 9.24. The van der Waals surface area contributed by atoms with Crippen molar-refractivity contribution in [3.63, 3.8) is 0 Å². The molecule has 1 atom stereocenters. The van der Waals surface area contributed by atoms with Crippen molar-refractivity contribution >= 4 is 44.1 Å². The third-order valence-electron chi connectivity index (χ3n) is 6.05. The largest absolute Gasteiger partial charge is 0.467 e. The maximum Gasteiger partial charge on any atom is 0.256 e. The molecule has 0 aliphatic heterocycles. The lowest BCUT2D eigenvalue weighted by Gasteiger charge is -2.33. The van der Waals surface area contributed by atoms with E-state index in [4.69, 9.17) is 4.42 Å². The molecule has 2 N–H and O–H groups in total. The average molecular weight is 515 g/mol. The Morgan fingerprint density at radius 2 is 1.91 bits per heavy atom. The summed E-state index contributed by atoms with van der Waals surface area (Å²) in [6.07, 6.45) is 4.39. The summed E-state index contributed by atoms with van der Waals surface area (Å²) >= 11 is 4.93. The van der Waals surface area contributed by atoms with Gasteiger partial charge in [0.2, 0.25) is 0 Å². The van der Waals surface area contributed by atoms with Gasteiger partial charge in [0.05, 0.1) is 18.4 Å². The van der Waals surface area contributed by atoms with Gasteiger partial charge in [0.25, 0.3) is 11.8 Å². The minimum Gasteiger partial charge on any atom is -0.467 e. The van der Waals surface area contributed by atoms with Gasteiger partial charge >= 0.3 is 0 Å². The van der Waals surface area contributed by atoms with Crippen LogP contribution in [-0.4, -0.2) is 11.8 Å². The van der Waals surface area contributed by atoms with Gasteiger partial charge in [-0.2, -0.15) is 0 Å². The number of benzene rings is 1. The molecular weight excluding hydrogens is 488 g/mol. The average Bonchev–Trinajstić information content (AvgIpc) is 3.38. The molecule has 1 aliphatic carbocycles. The van der Waals surface area contributed by atoms with E-state index in [0.717, 1.165) is 29.3 Å². The number of amides is 2. The van der Waals surface area contributed by atoms with Gasteiger partial charge in [0.15, 0.2) is 0 Å².